The van der Waals surface area contributed by atoms with E-state index < -0.39 is 0 Å². The maximum absolute atomic E-state index is 11.0. The fourth-order valence-electron chi connectivity index (χ4n) is 1.72. The number of hydrogen-bond donors (Lipinski definition) is 0. The maximum Gasteiger partial charge on any atom is 0.153 e. The van der Waals surface area contributed by atoms with Crippen molar-refractivity contribution in [3.8, 4) is 5.75 Å². The fraction of sp³-hybridized carbons (Fsp3) is 0.533. The lowest BCUT2D eigenvalue weighted by Gasteiger charge is -2.20. The summed E-state index contributed by atoms with van der Waals surface area (Å²) >= 11 is 0. The Morgan fingerprint density at radius 2 is 2.06 bits per heavy atom. The van der Waals surface area contributed by atoms with Gasteiger partial charge < -0.3 is 4.74 Å². The van der Waals surface area contributed by atoms with E-state index in [9.17, 15) is 4.79 Å². The molecule has 0 atom stereocenters. The molecule has 0 amide bonds. The van der Waals surface area contributed by atoms with Gasteiger partial charge in [0.1, 0.15) is 5.75 Å². The molecule has 92 valence electrons. The van der Waals surface area contributed by atoms with E-state index in [1.54, 1.807) is 0 Å². The molecule has 17 heavy (non-hydrogen) atoms. The molecule has 1 aliphatic rings. The predicted octanol–water partition coefficient (Wildman–Crippen LogP) is 3.59. The molecule has 0 spiro atoms. The van der Waals surface area contributed by atoms with Crippen LogP contribution in [0.2, 0.25) is 0 Å². The Hall–Kier alpha value is -1.31. The van der Waals surface area contributed by atoms with Crippen LogP contribution < -0.4 is 4.74 Å². The van der Waals surface area contributed by atoms with Gasteiger partial charge in [-0.15, -0.1) is 0 Å². The van der Waals surface area contributed by atoms with Crippen LogP contribution in [-0.4, -0.2) is 12.9 Å². The molecule has 2 nitrogen and oxygen atoms in total. The van der Waals surface area contributed by atoms with Crippen LogP contribution in [0.3, 0.4) is 0 Å². The van der Waals surface area contributed by atoms with Crippen LogP contribution in [0, 0.1) is 5.92 Å². The molecule has 1 fully saturated rings. The normalized spacial score (nSPS) is 15.7. The number of carbonyl (C=O) groups excluding carboxylic acids is 1. The van der Waals surface area contributed by atoms with E-state index in [1.807, 2.05) is 18.2 Å². The van der Waals surface area contributed by atoms with Crippen molar-refractivity contribution in [2.24, 2.45) is 5.92 Å². The maximum atomic E-state index is 11.0. The van der Waals surface area contributed by atoms with Gasteiger partial charge in [0, 0.05) is 0 Å². The summed E-state index contributed by atoms with van der Waals surface area (Å²) in [5.41, 5.74) is 1.94. The first kappa shape index (κ1) is 12.2. The zero-order valence-electron chi connectivity index (χ0n) is 10.8. The minimum atomic E-state index is 0.0824. The topological polar surface area (TPSA) is 26.3 Å². The summed E-state index contributed by atoms with van der Waals surface area (Å²) < 4.78 is 5.76. The molecular formula is C15H20O2. The Morgan fingerprint density at radius 3 is 2.59 bits per heavy atom. The van der Waals surface area contributed by atoms with Crippen molar-refractivity contribution in [1.29, 1.82) is 0 Å². The zero-order valence-corrected chi connectivity index (χ0v) is 10.8. The van der Waals surface area contributed by atoms with Crippen LogP contribution in [-0.2, 0) is 5.41 Å². The van der Waals surface area contributed by atoms with Crippen LogP contribution in [0.1, 0.15) is 49.5 Å². The highest BCUT2D eigenvalue weighted by Gasteiger charge is 2.23. The standard InChI is InChI=1S/C15H20O2/c1-15(2,3)13-7-6-12(9-16)14(8-13)17-10-11-4-5-11/h6-9,11H,4-5,10H2,1-3H3. The summed E-state index contributed by atoms with van der Waals surface area (Å²) in [6.45, 7) is 7.23. The largest absolute Gasteiger partial charge is 0.493 e. The predicted molar refractivity (Wildman–Crippen MR) is 68.7 cm³/mol. The molecule has 0 unspecified atom stereocenters. The van der Waals surface area contributed by atoms with Crippen LogP contribution in [0.4, 0.5) is 0 Å². The monoisotopic (exact) mass is 232 g/mol. The minimum absolute atomic E-state index is 0.0824. The number of carbonyl (C=O) groups is 1. The van der Waals surface area contributed by atoms with Crippen LogP contribution in [0.25, 0.3) is 0 Å². The third-order valence-corrected chi connectivity index (χ3v) is 3.18. The Balaban J connectivity index is 2.21. The first-order valence-corrected chi connectivity index (χ1v) is 6.23. The van der Waals surface area contributed by atoms with Crippen LogP contribution >= 0.6 is 0 Å². The number of benzene rings is 1. The van der Waals surface area contributed by atoms with Gasteiger partial charge in [-0.2, -0.15) is 0 Å². The van der Waals surface area contributed by atoms with Crippen LogP contribution in [0.5, 0.6) is 5.75 Å². The zero-order chi connectivity index (χ0) is 12.5. The molecule has 0 aromatic heterocycles. The van der Waals surface area contributed by atoms with Gasteiger partial charge in [-0.25, -0.2) is 0 Å². The van der Waals surface area contributed by atoms with E-state index in [2.05, 4.69) is 20.8 Å². The number of rotatable bonds is 4. The van der Waals surface area contributed by atoms with Gasteiger partial charge in [0.15, 0.2) is 6.29 Å². The molecule has 0 radical (unpaired) electrons. The number of hydrogen-bond acceptors (Lipinski definition) is 2. The van der Waals surface area contributed by atoms with E-state index in [0.29, 0.717) is 11.5 Å². The molecular weight excluding hydrogens is 212 g/mol. The average molecular weight is 232 g/mol. The van der Waals surface area contributed by atoms with E-state index in [4.69, 9.17) is 4.74 Å². The second-order valence-corrected chi connectivity index (χ2v) is 5.87. The number of aldehydes is 1. The van der Waals surface area contributed by atoms with Gasteiger partial charge in [0.25, 0.3) is 0 Å². The van der Waals surface area contributed by atoms with Crippen molar-refractivity contribution < 1.29 is 9.53 Å². The van der Waals surface area contributed by atoms with Gasteiger partial charge >= 0.3 is 0 Å². The quantitative estimate of drug-likeness (QED) is 0.742. The summed E-state index contributed by atoms with van der Waals surface area (Å²) in [6, 6.07) is 5.87. The van der Waals surface area contributed by atoms with Crippen molar-refractivity contribution in [3.63, 3.8) is 0 Å². The van der Waals surface area contributed by atoms with Gasteiger partial charge in [0.2, 0.25) is 0 Å². The van der Waals surface area contributed by atoms with Gasteiger partial charge in [0.05, 0.1) is 12.2 Å². The van der Waals surface area contributed by atoms with Gasteiger partial charge in [-0.1, -0.05) is 26.8 Å². The van der Waals surface area contributed by atoms with Crippen molar-refractivity contribution >= 4 is 6.29 Å². The molecule has 1 saturated carbocycles. The Kier molecular flexibility index (Phi) is 3.23. The lowest BCUT2D eigenvalue weighted by Crippen LogP contribution is -2.12. The third kappa shape index (κ3) is 3.09. The SMILES string of the molecule is CC(C)(C)c1ccc(C=O)c(OCC2CC2)c1. The first-order chi connectivity index (χ1) is 8.00. The molecule has 0 saturated heterocycles. The average Bonchev–Trinajstić information content (AvgIpc) is 3.08. The summed E-state index contributed by atoms with van der Waals surface area (Å²) in [4.78, 5) is 11.0. The molecule has 0 heterocycles. The lowest BCUT2D eigenvalue weighted by atomic mass is 9.86. The summed E-state index contributed by atoms with van der Waals surface area (Å²) in [5, 5.41) is 0. The van der Waals surface area contributed by atoms with Gasteiger partial charge in [-0.05, 0) is 41.9 Å². The highest BCUT2D eigenvalue weighted by molar-refractivity contribution is 5.79. The van der Waals surface area contributed by atoms with E-state index in [-0.39, 0.29) is 5.41 Å². The molecule has 0 bridgehead atoms. The number of ether oxygens (including phenoxy) is 1. The summed E-state index contributed by atoms with van der Waals surface area (Å²) in [6.07, 6.45) is 3.39. The highest BCUT2D eigenvalue weighted by atomic mass is 16.5. The van der Waals surface area contributed by atoms with Crippen molar-refractivity contribution in [3.05, 3.63) is 29.3 Å². The summed E-state index contributed by atoms with van der Waals surface area (Å²) in [5.74, 6) is 1.44. The lowest BCUT2D eigenvalue weighted by molar-refractivity contribution is 0.111. The Morgan fingerprint density at radius 1 is 1.35 bits per heavy atom. The molecule has 1 aliphatic carbocycles. The van der Waals surface area contributed by atoms with E-state index in [1.165, 1.54) is 18.4 Å². The van der Waals surface area contributed by atoms with Gasteiger partial charge in [-0.3, -0.25) is 4.79 Å². The smallest absolute Gasteiger partial charge is 0.153 e. The highest BCUT2D eigenvalue weighted by Crippen LogP contribution is 2.32. The first-order valence-electron chi connectivity index (χ1n) is 6.23. The van der Waals surface area contributed by atoms with Crippen molar-refractivity contribution in [2.75, 3.05) is 6.61 Å². The summed E-state index contributed by atoms with van der Waals surface area (Å²) in [7, 11) is 0. The Bertz CT molecular complexity index is 411. The van der Waals surface area contributed by atoms with E-state index >= 15 is 0 Å². The molecule has 1 aromatic rings. The second-order valence-electron chi connectivity index (χ2n) is 5.87. The molecule has 0 aliphatic heterocycles. The molecule has 2 heteroatoms. The van der Waals surface area contributed by atoms with Crippen molar-refractivity contribution in [2.45, 2.75) is 39.0 Å². The second kappa shape index (κ2) is 4.52. The van der Waals surface area contributed by atoms with Crippen molar-refractivity contribution in [1.82, 2.24) is 0 Å². The third-order valence-electron chi connectivity index (χ3n) is 3.18. The minimum Gasteiger partial charge on any atom is -0.493 e. The fourth-order valence-corrected chi connectivity index (χ4v) is 1.72. The molecule has 2 rings (SSSR count). The molecule has 0 N–H and O–H groups in total. The molecule has 1 aromatic carbocycles. The Labute approximate surface area is 103 Å². The van der Waals surface area contributed by atoms with E-state index in [0.717, 1.165) is 18.6 Å². The van der Waals surface area contributed by atoms with Crippen LogP contribution in [0.15, 0.2) is 18.2 Å².